The molecule has 2 heterocycles. The lowest BCUT2D eigenvalue weighted by molar-refractivity contribution is -0.149. The van der Waals surface area contributed by atoms with E-state index in [1.54, 1.807) is 4.90 Å². The van der Waals surface area contributed by atoms with Crippen molar-refractivity contribution < 1.29 is 14.7 Å². The van der Waals surface area contributed by atoms with E-state index in [0.29, 0.717) is 19.5 Å². The van der Waals surface area contributed by atoms with Gasteiger partial charge in [0.1, 0.15) is 0 Å². The van der Waals surface area contributed by atoms with Crippen molar-refractivity contribution in [2.45, 2.75) is 32.6 Å². The Morgan fingerprint density at radius 3 is 3.00 bits per heavy atom. The summed E-state index contributed by atoms with van der Waals surface area (Å²) in [6.45, 7) is 3.02. The second-order valence-corrected chi connectivity index (χ2v) is 6.78. The van der Waals surface area contributed by atoms with Crippen LogP contribution >= 0.6 is 11.3 Å². The summed E-state index contributed by atoms with van der Waals surface area (Å²) in [6.07, 6.45) is 3.45. The molecule has 2 aliphatic rings. The predicted molar refractivity (Wildman–Crippen MR) is 77.0 cm³/mol. The Bertz CT molecular complexity index is 553. The van der Waals surface area contributed by atoms with E-state index in [9.17, 15) is 14.7 Å². The summed E-state index contributed by atoms with van der Waals surface area (Å²) >= 11 is 1.47. The van der Waals surface area contributed by atoms with Crippen LogP contribution in [0.4, 0.5) is 0 Å². The number of likely N-dealkylation sites (tertiary alicyclic amines) is 1. The van der Waals surface area contributed by atoms with Gasteiger partial charge < -0.3 is 10.0 Å². The van der Waals surface area contributed by atoms with Gasteiger partial charge in [-0.05, 0) is 42.2 Å². The number of carboxylic acid groups (broad SMARTS) is 1. The number of thiophene rings is 1. The number of aryl methyl sites for hydroxylation is 1. The molecule has 0 aromatic carbocycles. The van der Waals surface area contributed by atoms with E-state index in [-0.39, 0.29) is 11.8 Å². The van der Waals surface area contributed by atoms with E-state index in [0.717, 1.165) is 29.7 Å². The number of aliphatic carboxylic acids is 1. The van der Waals surface area contributed by atoms with Gasteiger partial charge in [-0.1, -0.05) is 13.3 Å². The summed E-state index contributed by atoms with van der Waals surface area (Å²) in [6, 6.07) is 1.99. The van der Waals surface area contributed by atoms with Crippen molar-refractivity contribution in [3.63, 3.8) is 0 Å². The summed E-state index contributed by atoms with van der Waals surface area (Å²) in [7, 11) is 0. The number of rotatable bonds is 3. The summed E-state index contributed by atoms with van der Waals surface area (Å²) in [5.41, 5.74) is 0.390. The van der Waals surface area contributed by atoms with Gasteiger partial charge in [0, 0.05) is 13.1 Å². The minimum atomic E-state index is -0.725. The summed E-state index contributed by atoms with van der Waals surface area (Å²) in [5, 5.41) is 11.5. The molecule has 1 N–H and O–H groups in total. The van der Waals surface area contributed by atoms with Crippen LogP contribution in [0, 0.1) is 11.3 Å². The molecule has 3 rings (SSSR count). The van der Waals surface area contributed by atoms with Crippen LogP contribution in [0.1, 0.15) is 41.4 Å². The lowest BCUT2D eigenvalue weighted by atomic mass is 9.81. The van der Waals surface area contributed by atoms with E-state index in [1.165, 1.54) is 11.3 Å². The number of carbonyl (C=O) groups excluding carboxylic acids is 1. The quantitative estimate of drug-likeness (QED) is 0.932. The lowest BCUT2D eigenvalue weighted by Gasteiger charge is -2.23. The molecule has 0 bridgehead atoms. The molecule has 4 nitrogen and oxygen atoms in total. The van der Waals surface area contributed by atoms with Crippen molar-refractivity contribution >= 4 is 23.2 Å². The van der Waals surface area contributed by atoms with Gasteiger partial charge in [-0.15, -0.1) is 11.3 Å². The minimum Gasteiger partial charge on any atom is -0.481 e. The van der Waals surface area contributed by atoms with Gasteiger partial charge in [0.2, 0.25) is 0 Å². The SMILES string of the molecule is CCc1ccsc1C(=O)N1C[C@@H]2CCC[C@@]2(C(=O)O)C1. The fraction of sp³-hybridized carbons (Fsp3) is 0.600. The van der Waals surface area contributed by atoms with Gasteiger partial charge in [-0.25, -0.2) is 0 Å². The van der Waals surface area contributed by atoms with Crippen molar-refractivity contribution in [3.05, 3.63) is 21.9 Å². The maximum Gasteiger partial charge on any atom is 0.311 e. The fourth-order valence-corrected chi connectivity index (χ4v) is 4.70. The molecule has 2 atom stereocenters. The molecule has 1 saturated carbocycles. The van der Waals surface area contributed by atoms with Gasteiger partial charge in [-0.2, -0.15) is 0 Å². The smallest absolute Gasteiger partial charge is 0.311 e. The molecule has 2 fully saturated rings. The predicted octanol–water partition coefficient (Wildman–Crippen LogP) is 2.64. The zero-order valence-electron chi connectivity index (χ0n) is 11.6. The molecular weight excluding hydrogens is 274 g/mol. The topological polar surface area (TPSA) is 57.6 Å². The molecule has 20 heavy (non-hydrogen) atoms. The first-order chi connectivity index (χ1) is 9.58. The highest BCUT2D eigenvalue weighted by atomic mass is 32.1. The van der Waals surface area contributed by atoms with Crippen molar-refractivity contribution in [2.24, 2.45) is 11.3 Å². The van der Waals surface area contributed by atoms with E-state index in [4.69, 9.17) is 0 Å². The summed E-state index contributed by atoms with van der Waals surface area (Å²) < 4.78 is 0. The first-order valence-corrected chi connectivity index (χ1v) is 8.05. The molecule has 1 amide bonds. The second kappa shape index (κ2) is 4.88. The van der Waals surface area contributed by atoms with E-state index < -0.39 is 11.4 Å². The Hall–Kier alpha value is -1.36. The van der Waals surface area contributed by atoms with Gasteiger partial charge in [0.15, 0.2) is 0 Å². The van der Waals surface area contributed by atoms with Crippen LogP contribution in [-0.4, -0.2) is 35.0 Å². The van der Waals surface area contributed by atoms with Crippen LogP contribution in [0.5, 0.6) is 0 Å². The third-order valence-corrected chi connectivity index (χ3v) is 5.85. The standard InChI is InChI=1S/C15H19NO3S/c1-2-10-5-7-20-12(10)13(17)16-8-11-4-3-6-15(11,9-16)14(18)19/h5,7,11H,2-4,6,8-9H2,1H3,(H,18,19)/t11-,15+/m0/s1. The monoisotopic (exact) mass is 293 g/mol. The first-order valence-electron chi connectivity index (χ1n) is 7.17. The molecule has 1 aromatic heterocycles. The minimum absolute atomic E-state index is 0.0203. The van der Waals surface area contributed by atoms with Gasteiger partial charge >= 0.3 is 5.97 Å². The maximum absolute atomic E-state index is 12.6. The Balaban J connectivity index is 1.84. The average molecular weight is 293 g/mol. The molecule has 108 valence electrons. The highest BCUT2D eigenvalue weighted by Gasteiger charge is 2.55. The van der Waals surface area contributed by atoms with Crippen LogP contribution in [-0.2, 0) is 11.2 Å². The normalized spacial score (nSPS) is 28.6. The average Bonchev–Trinajstić information content (AvgIpc) is 3.10. The number of carboxylic acids is 1. The van der Waals surface area contributed by atoms with Crippen LogP contribution in [0.3, 0.4) is 0 Å². The van der Waals surface area contributed by atoms with E-state index in [2.05, 4.69) is 0 Å². The number of carbonyl (C=O) groups is 2. The van der Waals surface area contributed by atoms with Crippen molar-refractivity contribution in [1.82, 2.24) is 4.90 Å². The van der Waals surface area contributed by atoms with Crippen molar-refractivity contribution in [2.75, 3.05) is 13.1 Å². The molecule has 0 radical (unpaired) electrons. The summed E-state index contributed by atoms with van der Waals surface area (Å²) in [4.78, 5) is 26.8. The van der Waals surface area contributed by atoms with Crippen LogP contribution < -0.4 is 0 Å². The highest BCUT2D eigenvalue weighted by molar-refractivity contribution is 7.12. The van der Waals surface area contributed by atoms with Crippen molar-refractivity contribution in [1.29, 1.82) is 0 Å². The third-order valence-electron chi connectivity index (χ3n) is 4.91. The Kier molecular flexibility index (Phi) is 3.32. The highest BCUT2D eigenvalue weighted by Crippen LogP contribution is 2.49. The Labute approximate surface area is 122 Å². The molecule has 1 aromatic rings. The summed E-state index contributed by atoms with van der Waals surface area (Å²) in [5.74, 6) is -0.571. The first kappa shape index (κ1) is 13.6. The second-order valence-electron chi connectivity index (χ2n) is 5.86. The molecular formula is C15H19NO3S. The largest absolute Gasteiger partial charge is 0.481 e. The lowest BCUT2D eigenvalue weighted by Crippen LogP contribution is -2.37. The van der Waals surface area contributed by atoms with Crippen LogP contribution in [0.2, 0.25) is 0 Å². The molecule has 1 aliphatic heterocycles. The number of amides is 1. The number of fused-ring (bicyclic) bond motifs is 1. The van der Waals surface area contributed by atoms with Gasteiger partial charge in [-0.3, -0.25) is 9.59 Å². The van der Waals surface area contributed by atoms with Gasteiger partial charge in [0.25, 0.3) is 5.91 Å². The number of nitrogens with zero attached hydrogens (tertiary/aromatic N) is 1. The Morgan fingerprint density at radius 2 is 2.35 bits per heavy atom. The van der Waals surface area contributed by atoms with Crippen LogP contribution in [0.15, 0.2) is 11.4 Å². The molecule has 5 heteroatoms. The van der Waals surface area contributed by atoms with Crippen LogP contribution in [0.25, 0.3) is 0 Å². The molecule has 1 saturated heterocycles. The molecule has 0 spiro atoms. The molecule has 1 aliphatic carbocycles. The maximum atomic E-state index is 12.6. The zero-order valence-corrected chi connectivity index (χ0v) is 12.4. The van der Waals surface area contributed by atoms with Gasteiger partial charge in [0.05, 0.1) is 10.3 Å². The fourth-order valence-electron chi connectivity index (χ4n) is 3.74. The zero-order chi connectivity index (χ0) is 14.3. The van der Waals surface area contributed by atoms with E-state index >= 15 is 0 Å². The third kappa shape index (κ3) is 1.87. The number of hydrogen-bond donors (Lipinski definition) is 1. The molecule has 0 unspecified atom stereocenters. The Morgan fingerprint density at radius 1 is 1.55 bits per heavy atom. The van der Waals surface area contributed by atoms with E-state index in [1.807, 2.05) is 18.4 Å². The number of hydrogen-bond acceptors (Lipinski definition) is 3. The van der Waals surface area contributed by atoms with Crippen molar-refractivity contribution in [3.8, 4) is 0 Å².